The van der Waals surface area contributed by atoms with Crippen LogP contribution in [0.5, 0.6) is 0 Å². The highest BCUT2D eigenvalue weighted by Gasteiger charge is 2.21. The van der Waals surface area contributed by atoms with Crippen molar-refractivity contribution in [2.45, 2.75) is 25.9 Å². The van der Waals surface area contributed by atoms with E-state index >= 15 is 0 Å². The first-order chi connectivity index (χ1) is 10.0. The average Bonchev–Trinajstić information content (AvgIpc) is 2.88. The number of amides is 1. The van der Waals surface area contributed by atoms with E-state index in [1.54, 1.807) is 30.7 Å². The second-order valence-electron chi connectivity index (χ2n) is 4.62. The fraction of sp³-hybridized carbons (Fsp3) is 0.286. The van der Waals surface area contributed by atoms with E-state index in [0.717, 1.165) is 28.8 Å². The van der Waals surface area contributed by atoms with Gasteiger partial charge in [-0.1, -0.05) is 18.5 Å². The van der Waals surface area contributed by atoms with Gasteiger partial charge in [0.05, 0.1) is 23.2 Å². The van der Waals surface area contributed by atoms with Crippen LogP contribution in [0.1, 0.15) is 25.1 Å². The summed E-state index contributed by atoms with van der Waals surface area (Å²) < 4.78 is 2.67. The number of anilines is 1. The number of nitrogens with two attached hydrogens (primary N) is 1. The second kappa shape index (κ2) is 6.95. The van der Waals surface area contributed by atoms with Gasteiger partial charge in [0.25, 0.3) is 0 Å². The number of benzene rings is 1. The van der Waals surface area contributed by atoms with Gasteiger partial charge in [0, 0.05) is 16.7 Å². The van der Waals surface area contributed by atoms with Crippen LogP contribution in [0.15, 0.2) is 35.2 Å². The highest BCUT2D eigenvalue weighted by molar-refractivity contribution is 9.10. The van der Waals surface area contributed by atoms with Crippen molar-refractivity contribution < 1.29 is 4.79 Å². The first kappa shape index (κ1) is 15.9. The number of imidazole rings is 1. The molecule has 1 heterocycles. The highest BCUT2D eigenvalue weighted by Crippen LogP contribution is 2.28. The van der Waals surface area contributed by atoms with Crippen molar-refractivity contribution in [2.24, 2.45) is 5.73 Å². The summed E-state index contributed by atoms with van der Waals surface area (Å²) in [6.45, 7) is 2.85. The lowest BCUT2D eigenvalue weighted by Crippen LogP contribution is -2.29. The predicted molar refractivity (Wildman–Crippen MR) is 87.2 cm³/mol. The molecule has 1 aromatic heterocycles. The van der Waals surface area contributed by atoms with Crippen molar-refractivity contribution in [3.05, 3.63) is 45.9 Å². The molecule has 112 valence electrons. The van der Waals surface area contributed by atoms with Gasteiger partial charge in [0.15, 0.2) is 0 Å². The van der Waals surface area contributed by atoms with Crippen molar-refractivity contribution >= 4 is 39.1 Å². The number of nitrogens with zero attached hydrogens (tertiary/aromatic N) is 2. The summed E-state index contributed by atoms with van der Waals surface area (Å²) in [6.07, 6.45) is 4.30. The zero-order chi connectivity index (χ0) is 15.4. The first-order valence-corrected chi connectivity index (χ1v) is 7.71. The molecule has 0 aliphatic rings. The van der Waals surface area contributed by atoms with Crippen molar-refractivity contribution in [3.8, 4) is 0 Å². The quantitative estimate of drug-likeness (QED) is 0.818. The molecule has 5 nitrogen and oxygen atoms in total. The second-order valence-corrected chi connectivity index (χ2v) is 5.88. The van der Waals surface area contributed by atoms with Gasteiger partial charge in [-0.05, 0) is 40.5 Å². The number of rotatable bonds is 6. The molecule has 7 heteroatoms. The summed E-state index contributed by atoms with van der Waals surface area (Å²) in [5.74, 6) is -0.459. The van der Waals surface area contributed by atoms with Gasteiger partial charge in [-0.3, -0.25) is 4.79 Å². The Morgan fingerprint density at radius 1 is 1.57 bits per heavy atom. The van der Waals surface area contributed by atoms with E-state index < -0.39 is 11.9 Å². The number of primary amides is 1. The number of hydrogen-bond donors (Lipinski definition) is 2. The lowest BCUT2D eigenvalue weighted by molar-refractivity contribution is -0.119. The fourth-order valence-corrected chi connectivity index (χ4v) is 2.54. The molecule has 0 saturated heterocycles. The van der Waals surface area contributed by atoms with Crippen molar-refractivity contribution in [1.29, 1.82) is 0 Å². The third-order valence-corrected chi connectivity index (χ3v) is 4.23. The summed E-state index contributed by atoms with van der Waals surface area (Å²) in [7, 11) is 0. The van der Waals surface area contributed by atoms with Crippen LogP contribution in [0, 0.1) is 0 Å². The summed E-state index contributed by atoms with van der Waals surface area (Å²) >= 11 is 9.32. The summed E-state index contributed by atoms with van der Waals surface area (Å²) in [4.78, 5) is 15.9. The van der Waals surface area contributed by atoms with Crippen LogP contribution < -0.4 is 11.1 Å². The van der Waals surface area contributed by atoms with Gasteiger partial charge in [0.2, 0.25) is 5.91 Å². The number of aryl methyl sites for hydroxylation is 1. The topological polar surface area (TPSA) is 72.9 Å². The van der Waals surface area contributed by atoms with Crippen LogP contribution in [0.2, 0.25) is 5.02 Å². The normalized spacial score (nSPS) is 12.1. The van der Waals surface area contributed by atoms with E-state index in [1.165, 1.54) is 0 Å². The van der Waals surface area contributed by atoms with Crippen molar-refractivity contribution in [3.63, 3.8) is 0 Å². The molecule has 1 atom stereocenters. The monoisotopic (exact) mass is 370 g/mol. The van der Waals surface area contributed by atoms with E-state index in [1.807, 2.05) is 4.57 Å². The van der Waals surface area contributed by atoms with Crippen LogP contribution in [-0.4, -0.2) is 15.5 Å². The van der Waals surface area contributed by atoms with Gasteiger partial charge in [0.1, 0.15) is 6.04 Å². The molecule has 2 rings (SSSR count). The molecular weight excluding hydrogens is 356 g/mol. The van der Waals surface area contributed by atoms with Gasteiger partial charge < -0.3 is 15.6 Å². The van der Waals surface area contributed by atoms with Crippen molar-refractivity contribution in [2.75, 3.05) is 5.32 Å². The number of halogens is 2. The fourth-order valence-electron chi connectivity index (χ4n) is 2.04. The Bertz CT molecular complexity index is 644. The molecule has 1 amide bonds. The maximum absolute atomic E-state index is 11.8. The standard InChI is InChI=1S/C14H16BrClN4O/c1-2-5-20-8-18-7-12(20)13(14(17)21)19-9-3-4-11(16)10(15)6-9/h3-4,6-8,13,19H,2,5H2,1H3,(H2,17,21). The number of carbonyl (C=O) groups is 1. The van der Waals surface area contributed by atoms with Gasteiger partial charge in [-0.25, -0.2) is 4.98 Å². The zero-order valence-corrected chi connectivity index (χ0v) is 13.9. The van der Waals surface area contributed by atoms with Crippen LogP contribution in [0.4, 0.5) is 5.69 Å². The van der Waals surface area contributed by atoms with Gasteiger partial charge in [-0.2, -0.15) is 0 Å². The van der Waals surface area contributed by atoms with Crippen molar-refractivity contribution in [1.82, 2.24) is 9.55 Å². The Labute approximate surface area is 136 Å². The first-order valence-electron chi connectivity index (χ1n) is 6.54. The van der Waals surface area contributed by atoms with E-state index in [0.29, 0.717) is 5.02 Å². The molecule has 1 aromatic carbocycles. The minimum Gasteiger partial charge on any atom is -0.369 e. The number of hydrogen-bond acceptors (Lipinski definition) is 3. The lowest BCUT2D eigenvalue weighted by Gasteiger charge is -2.18. The summed E-state index contributed by atoms with van der Waals surface area (Å²) in [6, 6.07) is 4.70. The van der Waals surface area contributed by atoms with E-state index in [9.17, 15) is 4.79 Å². The lowest BCUT2D eigenvalue weighted by atomic mass is 10.2. The maximum Gasteiger partial charge on any atom is 0.246 e. The molecule has 1 unspecified atom stereocenters. The molecule has 3 N–H and O–H groups in total. The molecule has 0 saturated carbocycles. The number of nitrogens with one attached hydrogen (secondary N) is 1. The Kier molecular flexibility index (Phi) is 5.25. The maximum atomic E-state index is 11.8. The average molecular weight is 372 g/mol. The van der Waals surface area contributed by atoms with E-state index in [2.05, 4.69) is 33.2 Å². The van der Waals surface area contributed by atoms with Crippen LogP contribution in [0.3, 0.4) is 0 Å². The molecular formula is C14H16BrClN4O. The summed E-state index contributed by atoms with van der Waals surface area (Å²) in [5.41, 5.74) is 7.02. The highest BCUT2D eigenvalue weighted by atomic mass is 79.9. The van der Waals surface area contributed by atoms with Crippen LogP contribution in [-0.2, 0) is 11.3 Å². The van der Waals surface area contributed by atoms with E-state index in [-0.39, 0.29) is 0 Å². The molecule has 0 fully saturated rings. The van der Waals surface area contributed by atoms with Crippen LogP contribution in [0.25, 0.3) is 0 Å². The Balaban J connectivity index is 2.29. The minimum atomic E-state index is -0.646. The molecule has 0 aliphatic heterocycles. The predicted octanol–water partition coefficient (Wildman–Crippen LogP) is 3.35. The number of carbonyl (C=O) groups excluding carboxylic acids is 1. The SMILES string of the molecule is CCCn1cncc1C(Nc1ccc(Cl)c(Br)c1)C(N)=O. The molecule has 21 heavy (non-hydrogen) atoms. The largest absolute Gasteiger partial charge is 0.369 e. The smallest absolute Gasteiger partial charge is 0.246 e. The molecule has 0 bridgehead atoms. The van der Waals surface area contributed by atoms with Gasteiger partial charge >= 0.3 is 0 Å². The number of aromatic nitrogens is 2. The third kappa shape index (κ3) is 3.77. The Morgan fingerprint density at radius 2 is 2.33 bits per heavy atom. The Morgan fingerprint density at radius 3 is 2.95 bits per heavy atom. The molecule has 2 aromatic rings. The zero-order valence-electron chi connectivity index (χ0n) is 11.5. The molecule has 0 spiro atoms. The van der Waals surface area contributed by atoms with E-state index in [4.69, 9.17) is 17.3 Å². The van der Waals surface area contributed by atoms with Crippen LogP contribution >= 0.6 is 27.5 Å². The van der Waals surface area contributed by atoms with Gasteiger partial charge in [-0.15, -0.1) is 0 Å². The summed E-state index contributed by atoms with van der Waals surface area (Å²) in [5, 5.41) is 3.73. The Hall–Kier alpha value is -1.53. The third-order valence-electron chi connectivity index (χ3n) is 3.02. The molecule has 0 radical (unpaired) electrons. The minimum absolute atomic E-state index is 0.459. The molecule has 0 aliphatic carbocycles.